The van der Waals surface area contributed by atoms with E-state index in [0.717, 1.165) is 33.3 Å². The van der Waals surface area contributed by atoms with Gasteiger partial charge in [0.15, 0.2) is 17.0 Å². The van der Waals surface area contributed by atoms with Crippen LogP contribution in [0.4, 0.5) is 0 Å². The van der Waals surface area contributed by atoms with Gasteiger partial charge >= 0.3 is 0 Å². The number of rotatable bonds is 7. The van der Waals surface area contributed by atoms with Crippen LogP contribution in [0.3, 0.4) is 0 Å². The van der Waals surface area contributed by atoms with Crippen molar-refractivity contribution in [2.75, 3.05) is 26.7 Å². The number of benzene rings is 3. The van der Waals surface area contributed by atoms with E-state index in [1.54, 1.807) is 16.9 Å². The molecule has 0 spiro atoms. The number of piperazine rings is 1. The Morgan fingerprint density at radius 1 is 1.05 bits per heavy atom. The van der Waals surface area contributed by atoms with Crippen molar-refractivity contribution in [1.29, 1.82) is 0 Å². The maximum Gasteiger partial charge on any atom is 0.254 e. The summed E-state index contributed by atoms with van der Waals surface area (Å²) in [5.74, 6) is 1.01. The van der Waals surface area contributed by atoms with Crippen LogP contribution >= 0.6 is 11.6 Å². The number of carbonyl (C=O) groups excluding carboxylic acids is 2. The zero-order chi connectivity index (χ0) is 28.9. The number of nitrogens with one attached hydrogen (secondary N) is 1. The van der Waals surface area contributed by atoms with Crippen molar-refractivity contribution in [3.05, 3.63) is 94.1 Å². The maximum absolute atomic E-state index is 14.3. The summed E-state index contributed by atoms with van der Waals surface area (Å²) < 4.78 is 11.7. The quantitative estimate of drug-likeness (QED) is 0.300. The lowest BCUT2D eigenvalue weighted by atomic mass is 9.76. The molecule has 0 radical (unpaired) electrons. The number of carbonyl (C=O) groups is 2. The Labute approximate surface area is 245 Å². The fourth-order valence-electron chi connectivity index (χ4n) is 6.32. The minimum absolute atomic E-state index is 0.00461. The van der Waals surface area contributed by atoms with Crippen LogP contribution in [0.25, 0.3) is 10.9 Å². The second-order valence-corrected chi connectivity index (χ2v) is 11.7. The van der Waals surface area contributed by atoms with Crippen molar-refractivity contribution >= 4 is 34.3 Å². The summed E-state index contributed by atoms with van der Waals surface area (Å²) in [6.07, 6.45) is 0.643. The highest BCUT2D eigenvalue weighted by molar-refractivity contribution is 6.30. The Kier molecular flexibility index (Phi) is 6.94. The van der Waals surface area contributed by atoms with E-state index in [2.05, 4.69) is 11.1 Å². The first-order valence-electron chi connectivity index (χ1n) is 14.0. The molecule has 2 aliphatic heterocycles. The van der Waals surface area contributed by atoms with Crippen molar-refractivity contribution in [3.63, 3.8) is 0 Å². The van der Waals surface area contributed by atoms with Crippen LogP contribution in [0, 0.1) is 0 Å². The first-order chi connectivity index (χ1) is 19.7. The van der Waals surface area contributed by atoms with E-state index in [-0.39, 0.29) is 30.4 Å². The number of H-pyrrole nitrogens is 1. The molecule has 0 saturated carbocycles. The van der Waals surface area contributed by atoms with Gasteiger partial charge in [-0.25, -0.2) is 0 Å². The van der Waals surface area contributed by atoms with Gasteiger partial charge in [-0.15, -0.1) is 0 Å². The van der Waals surface area contributed by atoms with Crippen LogP contribution in [-0.2, 0) is 21.5 Å². The molecule has 0 bridgehead atoms. The molecule has 3 aromatic carbocycles. The van der Waals surface area contributed by atoms with Gasteiger partial charge in [-0.1, -0.05) is 48.0 Å². The predicted molar refractivity (Wildman–Crippen MR) is 160 cm³/mol. The van der Waals surface area contributed by atoms with E-state index in [1.807, 2.05) is 81.4 Å². The molecular formula is C33H34ClN3O4. The smallest absolute Gasteiger partial charge is 0.254 e. The van der Waals surface area contributed by atoms with Crippen LogP contribution < -0.4 is 9.47 Å². The predicted octanol–water partition coefficient (Wildman–Crippen LogP) is 5.89. The molecule has 2 atom stereocenters. The fourth-order valence-corrected chi connectivity index (χ4v) is 6.45. The number of aromatic amines is 1. The van der Waals surface area contributed by atoms with E-state index in [4.69, 9.17) is 21.1 Å². The molecule has 8 heteroatoms. The number of methoxy groups -OCH3 is 1. The molecular weight excluding hydrogens is 538 g/mol. The first-order valence-corrected chi connectivity index (χ1v) is 14.4. The van der Waals surface area contributed by atoms with E-state index in [9.17, 15) is 9.59 Å². The second-order valence-electron chi connectivity index (χ2n) is 11.3. The third-order valence-electron chi connectivity index (χ3n) is 8.35. The summed E-state index contributed by atoms with van der Waals surface area (Å²) >= 11 is 6.05. The van der Waals surface area contributed by atoms with Crippen LogP contribution in [0.15, 0.2) is 66.7 Å². The standard InChI is InChI=1S/C33H34ClN3O4/c1-20(2)41-27-14-11-22(17-28(27)40-4)25-18-37-29(38)19-36(16-15-21-9-12-23(34)13-10-21)32(39)33(37,3)31-30(25)24-7-5-6-8-26(24)35-31/h5-14,17,20,25,35H,15-16,18-19H2,1-4H3/t25-,33+/m1/s1. The SMILES string of the molecule is COc1cc([C@H]2CN3C(=O)CN(CCc4ccc(Cl)cc4)C(=O)[C@]3(C)c3[nH]c4ccccc4c32)ccc1OC(C)C. The Morgan fingerprint density at radius 2 is 1.80 bits per heavy atom. The zero-order valence-corrected chi connectivity index (χ0v) is 24.5. The topological polar surface area (TPSA) is 74.9 Å². The highest BCUT2D eigenvalue weighted by atomic mass is 35.5. The van der Waals surface area contributed by atoms with Gasteiger partial charge in [0.1, 0.15) is 0 Å². The first kappa shape index (κ1) is 27.2. The van der Waals surface area contributed by atoms with Crippen molar-refractivity contribution < 1.29 is 19.1 Å². The number of fused-ring (bicyclic) bond motifs is 5. The summed E-state index contributed by atoms with van der Waals surface area (Å²) in [7, 11) is 1.63. The number of para-hydroxylation sites is 1. The molecule has 41 heavy (non-hydrogen) atoms. The summed E-state index contributed by atoms with van der Waals surface area (Å²) in [6, 6.07) is 21.6. The number of hydrogen-bond donors (Lipinski definition) is 1. The minimum Gasteiger partial charge on any atom is -0.493 e. The highest BCUT2D eigenvalue weighted by Gasteiger charge is 2.56. The lowest BCUT2D eigenvalue weighted by Gasteiger charge is -2.51. The van der Waals surface area contributed by atoms with Crippen molar-refractivity contribution in [2.24, 2.45) is 0 Å². The summed E-state index contributed by atoms with van der Waals surface area (Å²) in [5, 5.41) is 1.72. The Balaban J connectivity index is 1.42. The second kappa shape index (κ2) is 10.5. The third-order valence-corrected chi connectivity index (χ3v) is 8.61. The monoisotopic (exact) mass is 571 g/mol. The van der Waals surface area contributed by atoms with Crippen LogP contribution in [0.2, 0.25) is 5.02 Å². The highest BCUT2D eigenvalue weighted by Crippen LogP contribution is 2.49. The van der Waals surface area contributed by atoms with E-state index >= 15 is 0 Å². The molecule has 1 N–H and O–H groups in total. The number of ether oxygens (including phenoxy) is 2. The largest absolute Gasteiger partial charge is 0.493 e. The average Bonchev–Trinajstić information content (AvgIpc) is 3.36. The minimum atomic E-state index is -1.15. The van der Waals surface area contributed by atoms with Gasteiger partial charge < -0.3 is 24.3 Å². The van der Waals surface area contributed by atoms with Gasteiger partial charge in [-0.2, -0.15) is 0 Å². The zero-order valence-electron chi connectivity index (χ0n) is 23.7. The molecule has 0 unspecified atom stereocenters. The summed E-state index contributed by atoms with van der Waals surface area (Å²) in [6.45, 7) is 6.72. The molecule has 1 aromatic heterocycles. The molecule has 2 amide bonds. The Morgan fingerprint density at radius 3 is 2.54 bits per heavy atom. The molecule has 212 valence electrons. The van der Waals surface area contributed by atoms with Crippen molar-refractivity contribution in [3.8, 4) is 11.5 Å². The van der Waals surface area contributed by atoms with Crippen LogP contribution in [0.1, 0.15) is 49.1 Å². The third kappa shape index (κ3) is 4.62. The molecule has 0 aliphatic carbocycles. The number of hydrogen-bond acceptors (Lipinski definition) is 4. The van der Waals surface area contributed by atoms with Crippen molar-refractivity contribution in [2.45, 2.75) is 44.8 Å². The van der Waals surface area contributed by atoms with E-state index < -0.39 is 5.54 Å². The molecule has 6 rings (SSSR count). The Hall–Kier alpha value is -3.97. The van der Waals surface area contributed by atoms with Gasteiger partial charge in [0.2, 0.25) is 5.91 Å². The van der Waals surface area contributed by atoms with Gasteiger partial charge in [-0.3, -0.25) is 9.59 Å². The lowest BCUT2D eigenvalue weighted by Crippen LogP contribution is -2.67. The molecule has 1 saturated heterocycles. The molecule has 4 aromatic rings. The summed E-state index contributed by atoms with van der Waals surface area (Å²) in [4.78, 5) is 35.1. The maximum atomic E-state index is 14.3. The van der Waals surface area contributed by atoms with Gasteiger partial charge in [-0.05, 0) is 74.2 Å². The van der Waals surface area contributed by atoms with Gasteiger partial charge in [0.25, 0.3) is 5.91 Å². The number of amides is 2. The molecule has 1 fully saturated rings. The van der Waals surface area contributed by atoms with E-state index in [1.165, 1.54) is 0 Å². The molecule has 7 nitrogen and oxygen atoms in total. The van der Waals surface area contributed by atoms with Crippen molar-refractivity contribution in [1.82, 2.24) is 14.8 Å². The van der Waals surface area contributed by atoms with E-state index in [0.29, 0.717) is 36.0 Å². The van der Waals surface area contributed by atoms with Gasteiger partial charge in [0.05, 0.1) is 25.5 Å². The molecule has 2 aliphatic rings. The van der Waals surface area contributed by atoms with Crippen LogP contribution in [0.5, 0.6) is 11.5 Å². The van der Waals surface area contributed by atoms with Crippen LogP contribution in [-0.4, -0.2) is 59.4 Å². The normalized spacial score (nSPS) is 20.4. The fraction of sp³-hybridized carbons (Fsp3) is 0.333. The average molecular weight is 572 g/mol. The lowest BCUT2D eigenvalue weighted by molar-refractivity contribution is -0.166. The number of aromatic nitrogens is 1. The Bertz CT molecular complexity index is 1630. The van der Waals surface area contributed by atoms with Gasteiger partial charge in [0, 0.05) is 34.9 Å². The molecule has 3 heterocycles. The summed E-state index contributed by atoms with van der Waals surface area (Å²) in [5.41, 5.74) is 3.67. The number of halogens is 1. The number of nitrogens with zero attached hydrogens (tertiary/aromatic N) is 2.